The quantitative estimate of drug-likeness (QED) is 0.787. The third-order valence-electron chi connectivity index (χ3n) is 3.75. The summed E-state index contributed by atoms with van der Waals surface area (Å²) >= 11 is 0. The van der Waals surface area contributed by atoms with Crippen LogP contribution in [0.4, 0.5) is 0 Å². The summed E-state index contributed by atoms with van der Waals surface area (Å²) in [7, 11) is 0. The van der Waals surface area contributed by atoms with Gasteiger partial charge in [0.25, 0.3) is 0 Å². The number of nitrogens with two attached hydrogens (primary N) is 1. The van der Waals surface area contributed by atoms with E-state index in [4.69, 9.17) is 10.2 Å². The molecule has 3 heteroatoms. The van der Waals surface area contributed by atoms with Crippen molar-refractivity contribution in [3.8, 4) is 0 Å². The van der Waals surface area contributed by atoms with Crippen molar-refractivity contribution in [2.75, 3.05) is 13.1 Å². The largest absolute Gasteiger partial charge is 0.468 e. The van der Waals surface area contributed by atoms with E-state index in [0.29, 0.717) is 6.54 Å². The number of hydrogen-bond acceptors (Lipinski definition) is 3. The highest BCUT2D eigenvalue weighted by Crippen LogP contribution is 2.34. The minimum atomic E-state index is 0.578. The van der Waals surface area contributed by atoms with Crippen molar-refractivity contribution in [1.82, 2.24) is 4.90 Å². The van der Waals surface area contributed by atoms with Gasteiger partial charge in [0.1, 0.15) is 5.76 Å². The van der Waals surface area contributed by atoms with Crippen molar-refractivity contribution in [3.05, 3.63) is 23.7 Å². The zero-order chi connectivity index (χ0) is 11.7. The van der Waals surface area contributed by atoms with Gasteiger partial charge in [-0.2, -0.15) is 0 Å². The molecule has 0 unspecified atom stereocenters. The van der Waals surface area contributed by atoms with E-state index in [2.05, 4.69) is 11.0 Å². The van der Waals surface area contributed by atoms with Gasteiger partial charge in [-0.05, 0) is 43.6 Å². The number of nitrogens with zero attached hydrogens (tertiary/aromatic N) is 1. The summed E-state index contributed by atoms with van der Waals surface area (Å²) in [6.07, 6.45) is 7.49. The summed E-state index contributed by atoms with van der Waals surface area (Å²) in [5.74, 6) is 2.99. The second-order valence-corrected chi connectivity index (χ2v) is 5.71. The lowest BCUT2D eigenvalue weighted by Gasteiger charge is -2.20. The molecule has 1 aromatic rings. The highest BCUT2D eigenvalue weighted by atomic mass is 16.3. The second kappa shape index (κ2) is 4.83. The highest BCUT2D eigenvalue weighted by molar-refractivity contribution is 5.12. The minimum Gasteiger partial charge on any atom is -0.468 e. The zero-order valence-corrected chi connectivity index (χ0v) is 10.4. The Morgan fingerprint density at radius 3 is 2.29 bits per heavy atom. The average molecular weight is 234 g/mol. The number of rotatable bonds is 7. The monoisotopic (exact) mass is 234 g/mol. The summed E-state index contributed by atoms with van der Waals surface area (Å²) in [4.78, 5) is 2.58. The predicted octanol–water partition coefficient (Wildman–Crippen LogP) is 2.36. The van der Waals surface area contributed by atoms with Crippen molar-refractivity contribution >= 4 is 0 Å². The Morgan fingerprint density at radius 1 is 1.18 bits per heavy atom. The molecule has 0 aromatic carbocycles. The van der Waals surface area contributed by atoms with Crippen LogP contribution in [0, 0.1) is 11.8 Å². The maximum absolute atomic E-state index is 5.60. The van der Waals surface area contributed by atoms with Gasteiger partial charge in [0.15, 0.2) is 0 Å². The summed E-state index contributed by atoms with van der Waals surface area (Å²) in [6.45, 7) is 4.06. The van der Waals surface area contributed by atoms with Gasteiger partial charge in [-0.1, -0.05) is 0 Å². The Bertz CT molecular complexity index is 352. The van der Waals surface area contributed by atoms with E-state index >= 15 is 0 Å². The highest BCUT2D eigenvalue weighted by Gasteiger charge is 2.29. The Balaban J connectivity index is 1.56. The molecule has 3 rings (SSSR count). The molecule has 2 fully saturated rings. The smallest absolute Gasteiger partial charge is 0.118 e. The third-order valence-corrected chi connectivity index (χ3v) is 3.75. The lowest BCUT2D eigenvalue weighted by Crippen LogP contribution is -2.27. The van der Waals surface area contributed by atoms with Crippen LogP contribution in [0.15, 0.2) is 16.7 Å². The van der Waals surface area contributed by atoms with Gasteiger partial charge < -0.3 is 10.2 Å². The van der Waals surface area contributed by atoms with Gasteiger partial charge in [-0.15, -0.1) is 0 Å². The van der Waals surface area contributed by atoms with Crippen LogP contribution in [0.2, 0.25) is 0 Å². The molecule has 0 aliphatic heterocycles. The van der Waals surface area contributed by atoms with Crippen LogP contribution in [0.25, 0.3) is 0 Å². The van der Waals surface area contributed by atoms with Gasteiger partial charge in [-0.3, -0.25) is 4.90 Å². The van der Waals surface area contributed by atoms with Crippen molar-refractivity contribution < 1.29 is 4.42 Å². The molecule has 1 heterocycles. The SMILES string of the molecule is NCc1coc(CN(CC2CC2)CC2CC2)c1. The molecule has 0 spiro atoms. The molecular weight excluding hydrogens is 212 g/mol. The molecule has 0 saturated heterocycles. The fourth-order valence-electron chi connectivity index (χ4n) is 2.37. The first-order chi connectivity index (χ1) is 8.33. The Kier molecular flexibility index (Phi) is 3.21. The molecule has 0 bridgehead atoms. The molecule has 3 nitrogen and oxygen atoms in total. The maximum Gasteiger partial charge on any atom is 0.118 e. The van der Waals surface area contributed by atoms with Crippen LogP contribution < -0.4 is 5.73 Å². The third kappa shape index (κ3) is 3.33. The molecular formula is C14H22N2O. The van der Waals surface area contributed by atoms with Gasteiger partial charge in [-0.25, -0.2) is 0 Å². The molecule has 0 atom stereocenters. The summed E-state index contributed by atoms with van der Waals surface area (Å²) in [5.41, 5.74) is 6.71. The van der Waals surface area contributed by atoms with E-state index in [0.717, 1.165) is 29.7 Å². The summed E-state index contributed by atoms with van der Waals surface area (Å²) in [5, 5.41) is 0. The average Bonchev–Trinajstić information content (AvgIpc) is 3.22. The van der Waals surface area contributed by atoms with E-state index < -0.39 is 0 Å². The first-order valence-corrected chi connectivity index (χ1v) is 6.82. The molecule has 2 N–H and O–H groups in total. The molecule has 1 aromatic heterocycles. The van der Waals surface area contributed by atoms with E-state index in [1.165, 1.54) is 38.8 Å². The van der Waals surface area contributed by atoms with Crippen molar-refractivity contribution in [1.29, 1.82) is 0 Å². The standard InChI is InChI=1S/C14H22N2O/c15-6-13-5-14(17-10-13)9-16(7-11-1-2-11)8-12-3-4-12/h5,10-12H,1-4,6-9,15H2. The number of hydrogen-bond donors (Lipinski definition) is 1. The lowest BCUT2D eigenvalue weighted by atomic mass is 10.2. The van der Waals surface area contributed by atoms with Crippen LogP contribution in [0.1, 0.15) is 37.0 Å². The predicted molar refractivity (Wildman–Crippen MR) is 67.3 cm³/mol. The molecule has 0 radical (unpaired) electrons. The minimum absolute atomic E-state index is 0.578. The topological polar surface area (TPSA) is 42.4 Å². The van der Waals surface area contributed by atoms with Gasteiger partial charge in [0, 0.05) is 25.2 Å². The van der Waals surface area contributed by atoms with Crippen molar-refractivity contribution in [3.63, 3.8) is 0 Å². The zero-order valence-electron chi connectivity index (χ0n) is 10.4. The van der Waals surface area contributed by atoms with Crippen LogP contribution in [-0.4, -0.2) is 18.0 Å². The van der Waals surface area contributed by atoms with E-state index in [1.807, 2.05) is 0 Å². The van der Waals surface area contributed by atoms with Crippen molar-refractivity contribution in [2.24, 2.45) is 17.6 Å². The molecule has 2 saturated carbocycles. The molecule has 0 amide bonds. The Morgan fingerprint density at radius 2 is 1.82 bits per heavy atom. The Hall–Kier alpha value is -0.800. The van der Waals surface area contributed by atoms with Gasteiger partial charge >= 0.3 is 0 Å². The van der Waals surface area contributed by atoms with Crippen LogP contribution in [-0.2, 0) is 13.1 Å². The van der Waals surface area contributed by atoms with Gasteiger partial charge in [0.2, 0.25) is 0 Å². The van der Waals surface area contributed by atoms with Crippen LogP contribution in [0.3, 0.4) is 0 Å². The van der Waals surface area contributed by atoms with E-state index in [9.17, 15) is 0 Å². The fourth-order valence-corrected chi connectivity index (χ4v) is 2.37. The van der Waals surface area contributed by atoms with Crippen molar-refractivity contribution in [2.45, 2.75) is 38.8 Å². The lowest BCUT2D eigenvalue weighted by molar-refractivity contribution is 0.225. The van der Waals surface area contributed by atoms with Gasteiger partial charge in [0.05, 0.1) is 12.8 Å². The van der Waals surface area contributed by atoms with E-state index in [1.54, 1.807) is 6.26 Å². The molecule has 2 aliphatic carbocycles. The fraction of sp³-hybridized carbons (Fsp3) is 0.714. The summed E-state index contributed by atoms with van der Waals surface area (Å²) < 4.78 is 5.57. The first-order valence-electron chi connectivity index (χ1n) is 6.82. The number of furan rings is 1. The molecule has 17 heavy (non-hydrogen) atoms. The molecule has 2 aliphatic rings. The van der Waals surface area contributed by atoms with E-state index in [-0.39, 0.29) is 0 Å². The van der Waals surface area contributed by atoms with Crippen LogP contribution >= 0.6 is 0 Å². The Labute approximate surface area is 103 Å². The van der Waals surface area contributed by atoms with Crippen LogP contribution in [0.5, 0.6) is 0 Å². The maximum atomic E-state index is 5.60. The molecule has 94 valence electrons. The normalized spacial score (nSPS) is 20.1. The second-order valence-electron chi connectivity index (χ2n) is 5.71. The first kappa shape index (κ1) is 11.3. The summed E-state index contributed by atoms with van der Waals surface area (Å²) in [6, 6.07) is 2.10.